The standard InChI is InChI=1S/C17H19BrN4O3S2/c1-4-24-15(23)8-13-10-27-16(20-13)21-19-9-11-5-6-12(18)7-14(11)25-17(26)22(2)3/h5-7,9-10H,4,8H2,1-3H3,(H,20,21). The van der Waals surface area contributed by atoms with Gasteiger partial charge in [0.05, 0.1) is 24.9 Å². The van der Waals surface area contributed by atoms with E-state index in [0.29, 0.717) is 28.4 Å². The fraction of sp³-hybridized carbons (Fsp3) is 0.294. The molecule has 0 saturated heterocycles. The van der Waals surface area contributed by atoms with E-state index >= 15 is 0 Å². The third-order valence-electron chi connectivity index (χ3n) is 3.08. The van der Waals surface area contributed by atoms with Crippen molar-refractivity contribution >= 4 is 62.0 Å². The number of halogens is 1. The van der Waals surface area contributed by atoms with Crippen LogP contribution in [-0.4, -0.2) is 47.9 Å². The molecule has 7 nitrogen and oxygen atoms in total. The van der Waals surface area contributed by atoms with Crippen molar-refractivity contribution in [2.24, 2.45) is 5.10 Å². The Labute approximate surface area is 175 Å². The number of esters is 1. The summed E-state index contributed by atoms with van der Waals surface area (Å²) in [5.41, 5.74) is 4.24. The lowest BCUT2D eigenvalue weighted by Gasteiger charge is -2.15. The van der Waals surface area contributed by atoms with Gasteiger partial charge in [0.1, 0.15) is 5.75 Å². The number of nitrogens with zero attached hydrogens (tertiary/aromatic N) is 3. The van der Waals surface area contributed by atoms with Gasteiger partial charge in [-0.15, -0.1) is 11.3 Å². The molecule has 1 N–H and O–H groups in total. The van der Waals surface area contributed by atoms with Gasteiger partial charge in [0.15, 0.2) is 0 Å². The van der Waals surface area contributed by atoms with Crippen molar-refractivity contribution in [1.29, 1.82) is 0 Å². The summed E-state index contributed by atoms with van der Waals surface area (Å²) in [5.74, 6) is 0.280. The number of ether oxygens (including phenoxy) is 2. The molecular formula is C17H19BrN4O3S2. The fourth-order valence-electron chi connectivity index (χ4n) is 1.85. The van der Waals surface area contributed by atoms with Crippen LogP contribution in [0.3, 0.4) is 0 Å². The first kappa shape index (κ1) is 21.3. The van der Waals surface area contributed by atoms with Gasteiger partial charge < -0.3 is 14.4 Å². The van der Waals surface area contributed by atoms with E-state index in [2.05, 4.69) is 31.4 Å². The highest BCUT2D eigenvalue weighted by molar-refractivity contribution is 9.10. The number of hydrogen-bond donors (Lipinski definition) is 1. The second-order valence-corrected chi connectivity index (χ2v) is 7.56. The minimum Gasteiger partial charge on any atom is -0.466 e. The summed E-state index contributed by atoms with van der Waals surface area (Å²) in [6.45, 7) is 2.12. The average Bonchev–Trinajstić information content (AvgIpc) is 3.04. The number of rotatable bonds is 7. The third kappa shape index (κ3) is 6.89. The van der Waals surface area contributed by atoms with Crippen molar-refractivity contribution < 1.29 is 14.3 Å². The number of nitrogens with one attached hydrogen (secondary N) is 1. The van der Waals surface area contributed by atoms with E-state index in [-0.39, 0.29) is 12.4 Å². The second kappa shape index (κ2) is 10.3. The van der Waals surface area contributed by atoms with Crippen LogP contribution < -0.4 is 10.2 Å². The molecule has 0 amide bonds. The maximum Gasteiger partial charge on any atom is 0.311 e. The zero-order valence-electron chi connectivity index (χ0n) is 15.1. The Hall–Kier alpha value is -2.04. The number of carbonyl (C=O) groups is 1. The molecule has 0 fully saturated rings. The van der Waals surface area contributed by atoms with Gasteiger partial charge in [-0.3, -0.25) is 10.2 Å². The van der Waals surface area contributed by atoms with Crippen molar-refractivity contribution in [2.75, 3.05) is 26.1 Å². The summed E-state index contributed by atoms with van der Waals surface area (Å²) >= 11 is 9.96. The van der Waals surface area contributed by atoms with Crippen LogP contribution in [0, 0.1) is 0 Å². The van der Waals surface area contributed by atoms with Gasteiger partial charge in [-0.2, -0.15) is 5.10 Å². The van der Waals surface area contributed by atoms with Gasteiger partial charge in [0, 0.05) is 29.5 Å². The molecule has 144 valence electrons. The number of aromatic nitrogens is 1. The van der Waals surface area contributed by atoms with Crippen LogP contribution in [0.2, 0.25) is 0 Å². The average molecular weight is 471 g/mol. The predicted octanol–water partition coefficient (Wildman–Crippen LogP) is 3.68. The quantitative estimate of drug-likeness (QED) is 0.286. The SMILES string of the molecule is CCOC(=O)Cc1csc(NN=Cc2ccc(Br)cc2OC(=S)N(C)C)n1. The Morgan fingerprint density at radius 2 is 2.26 bits per heavy atom. The molecule has 0 unspecified atom stereocenters. The largest absolute Gasteiger partial charge is 0.466 e. The molecule has 0 aliphatic carbocycles. The van der Waals surface area contributed by atoms with E-state index in [0.717, 1.165) is 10.0 Å². The van der Waals surface area contributed by atoms with Crippen LogP contribution in [0.1, 0.15) is 18.2 Å². The van der Waals surface area contributed by atoms with E-state index in [1.165, 1.54) is 11.3 Å². The summed E-state index contributed by atoms with van der Waals surface area (Å²) in [5, 5.41) is 6.90. The zero-order valence-corrected chi connectivity index (χ0v) is 18.3. The molecule has 27 heavy (non-hydrogen) atoms. The molecule has 1 aromatic carbocycles. The summed E-state index contributed by atoms with van der Waals surface area (Å²) in [7, 11) is 3.62. The van der Waals surface area contributed by atoms with Gasteiger partial charge in [-0.1, -0.05) is 15.9 Å². The maximum absolute atomic E-state index is 11.5. The summed E-state index contributed by atoms with van der Waals surface area (Å²) in [4.78, 5) is 17.5. The van der Waals surface area contributed by atoms with E-state index in [1.54, 1.807) is 23.4 Å². The first-order valence-corrected chi connectivity index (χ1v) is 10.0. The molecule has 0 saturated carbocycles. The van der Waals surface area contributed by atoms with Crippen LogP contribution in [-0.2, 0) is 16.0 Å². The molecule has 1 heterocycles. The third-order valence-corrected chi connectivity index (χ3v) is 4.82. The van der Waals surface area contributed by atoms with E-state index in [1.807, 2.05) is 32.3 Å². The number of carbonyl (C=O) groups excluding carboxylic acids is 1. The number of thiazole rings is 1. The van der Waals surface area contributed by atoms with Gasteiger partial charge in [-0.05, 0) is 37.3 Å². The lowest BCUT2D eigenvalue weighted by Crippen LogP contribution is -2.25. The molecule has 1 aromatic heterocycles. The number of benzene rings is 1. The lowest BCUT2D eigenvalue weighted by molar-refractivity contribution is -0.142. The van der Waals surface area contributed by atoms with Crippen LogP contribution in [0.5, 0.6) is 5.75 Å². The van der Waals surface area contributed by atoms with Crippen LogP contribution >= 0.6 is 39.5 Å². The number of hydrazone groups is 1. The Bertz CT molecular complexity index is 839. The molecule has 0 aliphatic rings. The Kier molecular flexibility index (Phi) is 8.14. The monoisotopic (exact) mass is 470 g/mol. The van der Waals surface area contributed by atoms with Gasteiger partial charge in [0.25, 0.3) is 5.17 Å². The van der Waals surface area contributed by atoms with Crippen LogP contribution in [0.25, 0.3) is 0 Å². The zero-order chi connectivity index (χ0) is 19.8. The summed E-state index contributed by atoms with van der Waals surface area (Å²) in [6, 6.07) is 5.56. The lowest BCUT2D eigenvalue weighted by atomic mass is 10.2. The van der Waals surface area contributed by atoms with Gasteiger partial charge in [0.2, 0.25) is 5.13 Å². The number of anilines is 1. The summed E-state index contributed by atoms with van der Waals surface area (Å²) < 4.78 is 11.5. The van der Waals surface area contributed by atoms with Crippen LogP contribution in [0.4, 0.5) is 5.13 Å². The minimum absolute atomic E-state index is 0.141. The van der Waals surface area contributed by atoms with Gasteiger partial charge >= 0.3 is 5.97 Å². The first-order valence-electron chi connectivity index (χ1n) is 7.96. The van der Waals surface area contributed by atoms with Crippen molar-refractivity contribution in [1.82, 2.24) is 9.88 Å². The first-order chi connectivity index (χ1) is 12.9. The topological polar surface area (TPSA) is 76.1 Å². The molecule has 0 atom stereocenters. The predicted molar refractivity (Wildman–Crippen MR) is 115 cm³/mol. The Morgan fingerprint density at radius 3 is 2.96 bits per heavy atom. The van der Waals surface area contributed by atoms with Crippen molar-refractivity contribution in [3.8, 4) is 5.75 Å². The Balaban J connectivity index is 2.03. The maximum atomic E-state index is 11.5. The van der Waals surface area contributed by atoms with Gasteiger partial charge in [-0.25, -0.2) is 4.98 Å². The molecule has 2 aromatic rings. The normalized spacial score (nSPS) is 10.7. The van der Waals surface area contributed by atoms with E-state index < -0.39 is 0 Å². The molecule has 0 aliphatic heterocycles. The smallest absolute Gasteiger partial charge is 0.311 e. The fourth-order valence-corrected chi connectivity index (χ4v) is 2.93. The minimum atomic E-state index is -0.300. The molecule has 0 spiro atoms. The van der Waals surface area contributed by atoms with Crippen molar-refractivity contribution in [3.63, 3.8) is 0 Å². The summed E-state index contributed by atoms with van der Waals surface area (Å²) in [6.07, 6.45) is 1.76. The Morgan fingerprint density at radius 1 is 1.48 bits per heavy atom. The van der Waals surface area contributed by atoms with Crippen molar-refractivity contribution in [3.05, 3.63) is 39.3 Å². The highest BCUT2D eigenvalue weighted by Gasteiger charge is 2.09. The molecule has 2 rings (SSSR count). The van der Waals surface area contributed by atoms with Crippen molar-refractivity contribution in [2.45, 2.75) is 13.3 Å². The second-order valence-electron chi connectivity index (χ2n) is 5.44. The molecule has 0 radical (unpaired) electrons. The highest BCUT2D eigenvalue weighted by atomic mass is 79.9. The van der Waals surface area contributed by atoms with Crippen LogP contribution in [0.15, 0.2) is 33.2 Å². The number of thiocarbonyl (C=S) groups is 1. The molecule has 0 bridgehead atoms. The van der Waals surface area contributed by atoms with E-state index in [9.17, 15) is 4.79 Å². The number of hydrogen-bond acceptors (Lipinski definition) is 8. The van der Waals surface area contributed by atoms with E-state index in [4.69, 9.17) is 21.7 Å². The molecule has 10 heteroatoms. The molecular weight excluding hydrogens is 452 g/mol. The highest BCUT2D eigenvalue weighted by Crippen LogP contribution is 2.23.